The molecule has 2 aromatic rings. The predicted octanol–water partition coefficient (Wildman–Crippen LogP) is 2.19. The fourth-order valence-electron chi connectivity index (χ4n) is 1.44. The van der Waals surface area contributed by atoms with Crippen molar-refractivity contribution in [2.24, 2.45) is 0 Å². The van der Waals surface area contributed by atoms with Crippen molar-refractivity contribution in [2.75, 3.05) is 0 Å². The number of halogens is 1. The molecule has 0 spiro atoms. The molecule has 0 amide bonds. The van der Waals surface area contributed by atoms with Gasteiger partial charge in [0.2, 0.25) is 0 Å². The maximum Gasteiger partial charge on any atom is 0.328 e. The lowest BCUT2D eigenvalue weighted by Gasteiger charge is -2.05. The van der Waals surface area contributed by atoms with Crippen molar-refractivity contribution >= 4 is 12.0 Å². The van der Waals surface area contributed by atoms with E-state index in [0.29, 0.717) is 11.4 Å². The van der Waals surface area contributed by atoms with E-state index in [1.165, 1.54) is 24.3 Å². The summed E-state index contributed by atoms with van der Waals surface area (Å²) in [6.07, 6.45) is 2.22. The highest BCUT2D eigenvalue weighted by Crippen LogP contribution is 2.20. The van der Waals surface area contributed by atoms with Crippen LogP contribution in [0.15, 0.2) is 28.8 Å². The summed E-state index contributed by atoms with van der Waals surface area (Å²) < 4.78 is 23.7. The van der Waals surface area contributed by atoms with E-state index in [4.69, 9.17) is 14.4 Å². The lowest BCUT2D eigenvalue weighted by atomic mass is 10.2. The van der Waals surface area contributed by atoms with Crippen molar-refractivity contribution in [3.8, 4) is 5.75 Å². The second-order valence-corrected chi connectivity index (χ2v) is 3.89. The summed E-state index contributed by atoms with van der Waals surface area (Å²) in [5.41, 5.74) is 0.422. The number of carbonyl (C=O) groups is 1. The zero-order chi connectivity index (χ0) is 14.5. The van der Waals surface area contributed by atoms with Crippen LogP contribution in [0.3, 0.4) is 0 Å². The number of ether oxygens (including phenoxy) is 1. The Morgan fingerprint density at radius 2 is 2.35 bits per heavy atom. The third kappa shape index (κ3) is 3.64. The summed E-state index contributed by atoms with van der Waals surface area (Å²) in [6.45, 7) is 1.62. The summed E-state index contributed by atoms with van der Waals surface area (Å²) in [5.74, 6) is -0.963. The van der Waals surface area contributed by atoms with E-state index in [2.05, 4.69) is 10.1 Å². The van der Waals surface area contributed by atoms with Crippen LogP contribution in [0.2, 0.25) is 0 Å². The van der Waals surface area contributed by atoms with Crippen molar-refractivity contribution in [1.82, 2.24) is 10.1 Å². The molecule has 20 heavy (non-hydrogen) atoms. The van der Waals surface area contributed by atoms with Gasteiger partial charge in [-0.25, -0.2) is 9.18 Å². The maximum atomic E-state index is 13.7. The predicted molar refractivity (Wildman–Crippen MR) is 66.4 cm³/mol. The van der Waals surface area contributed by atoms with Crippen LogP contribution >= 0.6 is 0 Å². The smallest absolute Gasteiger partial charge is 0.328 e. The Morgan fingerprint density at radius 1 is 1.55 bits per heavy atom. The molecule has 0 unspecified atom stereocenters. The van der Waals surface area contributed by atoms with Gasteiger partial charge in [0.1, 0.15) is 0 Å². The molecule has 0 aliphatic heterocycles. The minimum Gasteiger partial charge on any atom is -0.481 e. The van der Waals surface area contributed by atoms with Crippen molar-refractivity contribution in [3.63, 3.8) is 0 Å². The number of hydrogen-bond donors (Lipinski definition) is 1. The van der Waals surface area contributed by atoms with Crippen LogP contribution < -0.4 is 4.74 Å². The molecular weight excluding hydrogens is 267 g/mol. The Bertz CT molecular complexity index is 652. The number of nitrogens with zero attached hydrogens (tertiary/aromatic N) is 2. The molecule has 104 valence electrons. The number of aliphatic carboxylic acids is 1. The van der Waals surface area contributed by atoms with Gasteiger partial charge in [0.05, 0.1) is 0 Å². The van der Waals surface area contributed by atoms with Gasteiger partial charge in [-0.2, -0.15) is 4.98 Å². The topological polar surface area (TPSA) is 85.5 Å². The number of hydrogen-bond acceptors (Lipinski definition) is 5. The molecule has 0 radical (unpaired) electrons. The van der Waals surface area contributed by atoms with Gasteiger partial charge in [-0.15, -0.1) is 0 Å². The fraction of sp³-hybridized carbons (Fsp3) is 0.154. The van der Waals surface area contributed by atoms with Crippen LogP contribution in [0.1, 0.15) is 17.3 Å². The van der Waals surface area contributed by atoms with Gasteiger partial charge in [-0.05, 0) is 30.7 Å². The van der Waals surface area contributed by atoms with E-state index < -0.39 is 11.8 Å². The van der Waals surface area contributed by atoms with E-state index in [0.717, 1.165) is 6.08 Å². The lowest BCUT2D eigenvalue weighted by molar-refractivity contribution is -0.131. The van der Waals surface area contributed by atoms with Crippen LogP contribution in [-0.2, 0) is 11.4 Å². The minimum absolute atomic E-state index is 0.0216. The van der Waals surface area contributed by atoms with Gasteiger partial charge < -0.3 is 14.4 Å². The summed E-state index contributed by atoms with van der Waals surface area (Å²) in [5, 5.41) is 12.1. The third-order valence-corrected chi connectivity index (χ3v) is 2.30. The fourth-order valence-corrected chi connectivity index (χ4v) is 1.44. The zero-order valence-corrected chi connectivity index (χ0v) is 10.5. The molecule has 7 heteroatoms. The number of aromatic nitrogens is 2. The standard InChI is InChI=1S/C13H11FN2O4/c1-8-15-12(20-16-8)7-19-11-4-2-9(6-10(11)14)3-5-13(17)18/h2-6H,7H2,1H3,(H,17,18)/b5-3+. The van der Waals surface area contributed by atoms with Gasteiger partial charge in [0.15, 0.2) is 24.0 Å². The molecule has 1 aromatic heterocycles. The second-order valence-electron chi connectivity index (χ2n) is 3.89. The molecule has 0 saturated carbocycles. The second kappa shape index (κ2) is 5.96. The van der Waals surface area contributed by atoms with E-state index >= 15 is 0 Å². The quantitative estimate of drug-likeness (QED) is 0.844. The van der Waals surface area contributed by atoms with Crippen molar-refractivity contribution < 1.29 is 23.6 Å². The third-order valence-electron chi connectivity index (χ3n) is 2.30. The SMILES string of the molecule is Cc1noc(COc2ccc(/C=C/C(=O)O)cc2F)n1. The molecular formula is C13H11FN2O4. The first kappa shape index (κ1) is 13.7. The maximum absolute atomic E-state index is 13.7. The molecule has 0 saturated heterocycles. The Kier molecular flexibility index (Phi) is 4.09. The first-order chi connectivity index (χ1) is 9.54. The molecule has 0 atom stereocenters. The summed E-state index contributed by atoms with van der Waals surface area (Å²) in [7, 11) is 0. The molecule has 2 rings (SSSR count). The van der Waals surface area contributed by atoms with Crippen LogP contribution in [0, 0.1) is 12.7 Å². The Balaban J connectivity index is 2.04. The van der Waals surface area contributed by atoms with Gasteiger partial charge >= 0.3 is 5.97 Å². The Hall–Kier alpha value is -2.70. The molecule has 1 N–H and O–H groups in total. The minimum atomic E-state index is -1.10. The first-order valence-corrected chi connectivity index (χ1v) is 5.67. The molecule has 0 aliphatic rings. The normalized spacial score (nSPS) is 10.9. The molecule has 6 nitrogen and oxygen atoms in total. The van der Waals surface area contributed by atoms with Gasteiger partial charge in [0.25, 0.3) is 5.89 Å². The summed E-state index contributed by atoms with van der Waals surface area (Å²) >= 11 is 0. The van der Waals surface area contributed by atoms with Crippen molar-refractivity contribution in [3.05, 3.63) is 47.4 Å². The largest absolute Gasteiger partial charge is 0.481 e. The van der Waals surface area contributed by atoms with E-state index in [-0.39, 0.29) is 18.2 Å². The van der Waals surface area contributed by atoms with E-state index in [1.54, 1.807) is 6.92 Å². The van der Waals surface area contributed by atoms with Crippen LogP contribution in [-0.4, -0.2) is 21.2 Å². The van der Waals surface area contributed by atoms with Crippen LogP contribution in [0.4, 0.5) is 4.39 Å². The lowest BCUT2D eigenvalue weighted by Crippen LogP contribution is -1.98. The highest BCUT2D eigenvalue weighted by molar-refractivity contribution is 5.85. The number of carboxylic acid groups (broad SMARTS) is 1. The molecule has 0 aliphatic carbocycles. The number of benzene rings is 1. The number of rotatable bonds is 5. The average molecular weight is 278 g/mol. The van der Waals surface area contributed by atoms with Gasteiger partial charge in [-0.3, -0.25) is 0 Å². The highest BCUT2D eigenvalue weighted by Gasteiger charge is 2.07. The van der Waals surface area contributed by atoms with Crippen molar-refractivity contribution in [1.29, 1.82) is 0 Å². The Labute approximate surface area is 113 Å². The summed E-state index contributed by atoms with van der Waals surface area (Å²) in [4.78, 5) is 14.3. The van der Waals surface area contributed by atoms with Gasteiger partial charge in [-0.1, -0.05) is 11.2 Å². The van der Waals surface area contributed by atoms with E-state index in [1.807, 2.05) is 0 Å². The molecule has 0 fully saturated rings. The van der Waals surface area contributed by atoms with Crippen LogP contribution in [0.25, 0.3) is 6.08 Å². The highest BCUT2D eigenvalue weighted by atomic mass is 19.1. The van der Waals surface area contributed by atoms with Crippen molar-refractivity contribution in [2.45, 2.75) is 13.5 Å². The zero-order valence-electron chi connectivity index (χ0n) is 10.5. The molecule has 0 bridgehead atoms. The molecule has 1 aromatic carbocycles. The molecule has 1 heterocycles. The monoisotopic (exact) mass is 278 g/mol. The van der Waals surface area contributed by atoms with Gasteiger partial charge in [0, 0.05) is 6.08 Å². The first-order valence-electron chi connectivity index (χ1n) is 5.67. The Morgan fingerprint density at radius 3 is 2.95 bits per heavy atom. The number of carboxylic acids is 1. The average Bonchev–Trinajstić information content (AvgIpc) is 2.81. The van der Waals surface area contributed by atoms with E-state index in [9.17, 15) is 9.18 Å². The summed E-state index contributed by atoms with van der Waals surface area (Å²) in [6, 6.07) is 4.12. The number of aryl methyl sites for hydroxylation is 1. The van der Waals surface area contributed by atoms with Crippen LogP contribution in [0.5, 0.6) is 5.75 Å².